The van der Waals surface area contributed by atoms with Crippen molar-refractivity contribution in [3.63, 3.8) is 0 Å². The highest BCUT2D eigenvalue weighted by atomic mass is 16.6. The molecule has 2 heteroatoms. The Morgan fingerprint density at radius 2 is 2.00 bits per heavy atom. The number of ether oxygens (including phenoxy) is 2. The number of hydrogen-bond donors (Lipinski definition) is 0. The number of hydrogen-bond acceptors (Lipinski definition) is 2. The lowest BCUT2D eigenvalue weighted by Crippen LogP contribution is -1.99. The highest BCUT2D eigenvalue weighted by Gasteiger charge is 2.21. The molecule has 1 atom stereocenters. The molecule has 1 aromatic carbocycles. The third kappa shape index (κ3) is 3.84. The van der Waals surface area contributed by atoms with Crippen LogP contribution in [-0.4, -0.2) is 19.3 Å². The van der Waals surface area contributed by atoms with Crippen molar-refractivity contribution in [2.24, 2.45) is 0 Å². The summed E-state index contributed by atoms with van der Waals surface area (Å²) < 4.78 is 10.9. The van der Waals surface area contributed by atoms with Gasteiger partial charge in [0.25, 0.3) is 0 Å². The summed E-state index contributed by atoms with van der Waals surface area (Å²) >= 11 is 0. The first kappa shape index (κ1) is 12.7. The van der Waals surface area contributed by atoms with Crippen LogP contribution in [0.1, 0.15) is 44.1 Å². The second-order valence-electron chi connectivity index (χ2n) is 5.45. The maximum absolute atomic E-state index is 5.75. The van der Waals surface area contributed by atoms with Gasteiger partial charge in [0.15, 0.2) is 0 Å². The van der Waals surface area contributed by atoms with Crippen molar-refractivity contribution in [1.82, 2.24) is 0 Å². The Labute approximate surface area is 115 Å². The van der Waals surface area contributed by atoms with Crippen molar-refractivity contribution in [3.05, 3.63) is 35.9 Å². The van der Waals surface area contributed by atoms with Crippen LogP contribution in [0.25, 0.3) is 5.57 Å². The van der Waals surface area contributed by atoms with E-state index >= 15 is 0 Å². The SMILES string of the molecule is C1=C(c2ccc(OCCCC3CO3)cc2)CCCC1. The Kier molecular flexibility index (Phi) is 4.19. The highest BCUT2D eigenvalue weighted by Crippen LogP contribution is 2.27. The van der Waals surface area contributed by atoms with Gasteiger partial charge in [0, 0.05) is 0 Å². The summed E-state index contributed by atoms with van der Waals surface area (Å²) in [6.45, 7) is 1.74. The third-order valence-corrected chi connectivity index (χ3v) is 3.86. The summed E-state index contributed by atoms with van der Waals surface area (Å²) in [5.74, 6) is 0.983. The second kappa shape index (κ2) is 6.25. The van der Waals surface area contributed by atoms with Crippen LogP contribution in [0, 0.1) is 0 Å². The maximum Gasteiger partial charge on any atom is 0.119 e. The highest BCUT2D eigenvalue weighted by molar-refractivity contribution is 5.66. The summed E-state index contributed by atoms with van der Waals surface area (Å²) in [6, 6.07) is 8.57. The van der Waals surface area contributed by atoms with Crippen LogP contribution in [0.2, 0.25) is 0 Å². The van der Waals surface area contributed by atoms with Crippen LogP contribution < -0.4 is 4.74 Å². The molecule has 102 valence electrons. The first-order valence-corrected chi connectivity index (χ1v) is 7.46. The summed E-state index contributed by atoms with van der Waals surface area (Å²) in [4.78, 5) is 0. The molecule has 0 radical (unpaired) electrons. The van der Waals surface area contributed by atoms with E-state index in [4.69, 9.17) is 9.47 Å². The molecule has 2 nitrogen and oxygen atoms in total. The fraction of sp³-hybridized carbons (Fsp3) is 0.529. The van der Waals surface area contributed by atoms with Gasteiger partial charge in [-0.15, -0.1) is 0 Å². The molecule has 2 aliphatic rings. The fourth-order valence-corrected chi connectivity index (χ4v) is 2.60. The lowest BCUT2D eigenvalue weighted by atomic mass is 9.94. The molecule has 0 aromatic heterocycles. The monoisotopic (exact) mass is 258 g/mol. The molecular formula is C17H22O2. The van der Waals surface area contributed by atoms with Gasteiger partial charge in [0.05, 0.1) is 19.3 Å². The minimum absolute atomic E-state index is 0.518. The smallest absolute Gasteiger partial charge is 0.119 e. The molecule has 0 saturated carbocycles. The molecule has 3 rings (SSSR count). The molecule has 1 heterocycles. The van der Waals surface area contributed by atoms with Crippen LogP contribution in [0.5, 0.6) is 5.75 Å². The second-order valence-corrected chi connectivity index (χ2v) is 5.45. The quantitative estimate of drug-likeness (QED) is 0.563. The number of allylic oxidation sites excluding steroid dienone is 2. The van der Waals surface area contributed by atoms with E-state index in [9.17, 15) is 0 Å². The van der Waals surface area contributed by atoms with E-state index in [1.807, 2.05) is 0 Å². The van der Waals surface area contributed by atoms with Gasteiger partial charge in [-0.2, -0.15) is 0 Å². The molecule has 1 unspecified atom stereocenters. The number of epoxide rings is 1. The van der Waals surface area contributed by atoms with E-state index in [0.29, 0.717) is 6.10 Å². The Balaban J connectivity index is 1.48. The third-order valence-electron chi connectivity index (χ3n) is 3.86. The predicted octanol–water partition coefficient (Wildman–Crippen LogP) is 4.20. The standard InChI is InChI=1S/C17H22O2/c1-2-5-14(6-3-1)15-8-10-16(11-9-15)18-12-4-7-17-13-19-17/h5,8-11,17H,1-4,6-7,12-13H2. The lowest BCUT2D eigenvalue weighted by Gasteiger charge is -2.13. The fourth-order valence-electron chi connectivity index (χ4n) is 2.60. The van der Waals surface area contributed by atoms with Gasteiger partial charge in [-0.25, -0.2) is 0 Å². The topological polar surface area (TPSA) is 21.8 Å². The molecular weight excluding hydrogens is 236 g/mol. The summed E-state index contributed by atoms with van der Waals surface area (Å²) in [6.07, 6.45) is 10.2. The zero-order chi connectivity index (χ0) is 12.9. The summed E-state index contributed by atoms with van der Waals surface area (Å²) in [7, 11) is 0. The van der Waals surface area contributed by atoms with Crippen molar-refractivity contribution >= 4 is 5.57 Å². The minimum Gasteiger partial charge on any atom is -0.494 e. The van der Waals surface area contributed by atoms with Gasteiger partial charge in [-0.3, -0.25) is 0 Å². The van der Waals surface area contributed by atoms with E-state index in [2.05, 4.69) is 30.3 Å². The van der Waals surface area contributed by atoms with Crippen LogP contribution in [0.15, 0.2) is 30.3 Å². The Morgan fingerprint density at radius 3 is 2.68 bits per heavy atom. The molecule has 1 aliphatic carbocycles. The van der Waals surface area contributed by atoms with Crippen molar-refractivity contribution in [1.29, 1.82) is 0 Å². The molecule has 1 aromatic rings. The zero-order valence-electron chi connectivity index (χ0n) is 11.4. The van der Waals surface area contributed by atoms with Gasteiger partial charge >= 0.3 is 0 Å². The van der Waals surface area contributed by atoms with E-state index in [1.165, 1.54) is 36.8 Å². The molecule has 1 fully saturated rings. The molecule has 1 saturated heterocycles. The molecule has 0 amide bonds. The Morgan fingerprint density at radius 1 is 1.16 bits per heavy atom. The van der Waals surface area contributed by atoms with E-state index < -0.39 is 0 Å². The molecule has 0 spiro atoms. The zero-order valence-corrected chi connectivity index (χ0v) is 11.4. The van der Waals surface area contributed by atoms with Gasteiger partial charge in [-0.05, 0) is 61.8 Å². The van der Waals surface area contributed by atoms with Crippen molar-refractivity contribution in [2.75, 3.05) is 13.2 Å². The van der Waals surface area contributed by atoms with Crippen molar-refractivity contribution < 1.29 is 9.47 Å². The van der Waals surface area contributed by atoms with Gasteiger partial charge in [0.2, 0.25) is 0 Å². The minimum atomic E-state index is 0.518. The first-order chi connectivity index (χ1) is 9.42. The lowest BCUT2D eigenvalue weighted by molar-refractivity contribution is 0.293. The molecule has 19 heavy (non-hydrogen) atoms. The summed E-state index contributed by atoms with van der Waals surface area (Å²) in [5, 5.41) is 0. The largest absolute Gasteiger partial charge is 0.494 e. The average molecular weight is 258 g/mol. The maximum atomic E-state index is 5.75. The van der Waals surface area contributed by atoms with E-state index in [0.717, 1.165) is 31.8 Å². The Hall–Kier alpha value is -1.28. The normalized spacial score (nSPS) is 21.9. The van der Waals surface area contributed by atoms with Gasteiger partial charge < -0.3 is 9.47 Å². The van der Waals surface area contributed by atoms with Crippen molar-refractivity contribution in [3.8, 4) is 5.75 Å². The molecule has 0 bridgehead atoms. The molecule has 0 N–H and O–H groups in total. The van der Waals surface area contributed by atoms with Crippen LogP contribution in [0.3, 0.4) is 0 Å². The first-order valence-electron chi connectivity index (χ1n) is 7.46. The average Bonchev–Trinajstić information content (AvgIpc) is 3.29. The van der Waals surface area contributed by atoms with E-state index in [-0.39, 0.29) is 0 Å². The predicted molar refractivity (Wildman–Crippen MR) is 77.4 cm³/mol. The van der Waals surface area contributed by atoms with Crippen LogP contribution in [0.4, 0.5) is 0 Å². The van der Waals surface area contributed by atoms with Crippen molar-refractivity contribution in [2.45, 2.75) is 44.6 Å². The molecule has 1 aliphatic heterocycles. The van der Waals surface area contributed by atoms with E-state index in [1.54, 1.807) is 0 Å². The van der Waals surface area contributed by atoms with Crippen LogP contribution >= 0.6 is 0 Å². The van der Waals surface area contributed by atoms with Crippen LogP contribution in [-0.2, 0) is 4.74 Å². The van der Waals surface area contributed by atoms with Gasteiger partial charge in [0.1, 0.15) is 5.75 Å². The number of benzene rings is 1. The number of rotatable bonds is 6. The summed E-state index contributed by atoms with van der Waals surface area (Å²) in [5.41, 5.74) is 2.86. The van der Waals surface area contributed by atoms with Gasteiger partial charge in [-0.1, -0.05) is 18.2 Å². The Bertz CT molecular complexity index is 429.